The zero-order valence-corrected chi connectivity index (χ0v) is 12.7. The van der Waals surface area contributed by atoms with E-state index in [1.165, 1.54) is 5.56 Å². The SMILES string of the molecule is CCn1nc(C)cc1COc1ccc2c(c1)[C@@H](O)CCC2. The van der Waals surface area contributed by atoms with Crippen LogP contribution >= 0.6 is 0 Å². The Balaban J connectivity index is 1.75. The van der Waals surface area contributed by atoms with E-state index in [0.717, 1.165) is 48.5 Å². The third-order valence-electron chi connectivity index (χ3n) is 4.07. The van der Waals surface area contributed by atoms with Crippen LogP contribution in [0.2, 0.25) is 0 Å². The van der Waals surface area contributed by atoms with Crippen LogP contribution in [-0.2, 0) is 19.6 Å². The van der Waals surface area contributed by atoms with Gasteiger partial charge in [-0.2, -0.15) is 5.10 Å². The Labute approximate surface area is 125 Å². The quantitative estimate of drug-likeness (QED) is 0.939. The summed E-state index contributed by atoms with van der Waals surface area (Å²) >= 11 is 0. The summed E-state index contributed by atoms with van der Waals surface area (Å²) in [5.74, 6) is 0.816. The van der Waals surface area contributed by atoms with Crippen LogP contribution in [0.3, 0.4) is 0 Å². The molecule has 1 aliphatic rings. The number of hydrogen-bond acceptors (Lipinski definition) is 3. The molecule has 1 aromatic heterocycles. The second-order valence-corrected chi connectivity index (χ2v) is 5.65. The minimum absolute atomic E-state index is 0.347. The van der Waals surface area contributed by atoms with E-state index >= 15 is 0 Å². The number of aryl methyl sites for hydroxylation is 3. The van der Waals surface area contributed by atoms with Crippen LogP contribution in [0.25, 0.3) is 0 Å². The summed E-state index contributed by atoms with van der Waals surface area (Å²) in [4.78, 5) is 0. The first-order valence-corrected chi connectivity index (χ1v) is 7.64. The highest BCUT2D eigenvalue weighted by molar-refractivity contribution is 5.38. The summed E-state index contributed by atoms with van der Waals surface area (Å²) < 4.78 is 7.85. The zero-order chi connectivity index (χ0) is 14.8. The maximum Gasteiger partial charge on any atom is 0.130 e. The number of aromatic nitrogens is 2. The van der Waals surface area contributed by atoms with Crippen molar-refractivity contribution >= 4 is 0 Å². The van der Waals surface area contributed by atoms with Crippen molar-refractivity contribution in [2.24, 2.45) is 0 Å². The maximum absolute atomic E-state index is 10.1. The van der Waals surface area contributed by atoms with E-state index in [2.05, 4.69) is 24.2 Å². The molecule has 0 bridgehead atoms. The molecule has 4 heteroatoms. The van der Waals surface area contributed by atoms with Gasteiger partial charge in [0.25, 0.3) is 0 Å². The molecule has 1 N–H and O–H groups in total. The molecule has 21 heavy (non-hydrogen) atoms. The molecule has 0 saturated heterocycles. The van der Waals surface area contributed by atoms with E-state index in [1.807, 2.05) is 23.7 Å². The predicted molar refractivity (Wildman–Crippen MR) is 81.3 cm³/mol. The van der Waals surface area contributed by atoms with Crippen molar-refractivity contribution in [3.63, 3.8) is 0 Å². The number of aliphatic hydroxyl groups excluding tert-OH is 1. The summed E-state index contributed by atoms with van der Waals surface area (Å²) in [5, 5.41) is 14.5. The van der Waals surface area contributed by atoms with Gasteiger partial charge in [0.05, 0.1) is 17.5 Å². The highest BCUT2D eigenvalue weighted by Crippen LogP contribution is 2.32. The normalized spacial score (nSPS) is 17.6. The van der Waals surface area contributed by atoms with Gasteiger partial charge in [-0.3, -0.25) is 4.68 Å². The minimum Gasteiger partial charge on any atom is -0.487 e. The van der Waals surface area contributed by atoms with Crippen molar-refractivity contribution in [1.29, 1.82) is 0 Å². The second kappa shape index (κ2) is 5.90. The monoisotopic (exact) mass is 286 g/mol. The van der Waals surface area contributed by atoms with Gasteiger partial charge in [-0.05, 0) is 62.4 Å². The van der Waals surface area contributed by atoms with Gasteiger partial charge in [0.1, 0.15) is 12.4 Å². The Morgan fingerprint density at radius 3 is 3.05 bits per heavy atom. The first kappa shape index (κ1) is 14.1. The van der Waals surface area contributed by atoms with Gasteiger partial charge in [0, 0.05) is 6.54 Å². The summed E-state index contributed by atoms with van der Waals surface area (Å²) in [6.07, 6.45) is 2.61. The highest BCUT2D eigenvalue weighted by Gasteiger charge is 2.18. The van der Waals surface area contributed by atoms with E-state index in [4.69, 9.17) is 4.74 Å². The van der Waals surface area contributed by atoms with Gasteiger partial charge in [-0.25, -0.2) is 0 Å². The molecule has 3 rings (SSSR count). The fourth-order valence-electron chi connectivity index (χ4n) is 2.99. The minimum atomic E-state index is -0.347. The van der Waals surface area contributed by atoms with Crippen molar-refractivity contribution in [3.8, 4) is 5.75 Å². The predicted octanol–water partition coefficient (Wildman–Crippen LogP) is 3.16. The molecule has 4 nitrogen and oxygen atoms in total. The number of nitrogens with zero attached hydrogens (tertiary/aromatic N) is 2. The van der Waals surface area contributed by atoms with Crippen LogP contribution in [0.5, 0.6) is 5.75 Å². The van der Waals surface area contributed by atoms with E-state index in [-0.39, 0.29) is 6.10 Å². The standard InChI is InChI=1S/C17H22N2O2/c1-3-19-14(9-12(2)18-19)11-21-15-8-7-13-5-4-6-17(20)16(13)10-15/h7-10,17,20H,3-6,11H2,1-2H3/t17-/m0/s1. The van der Waals surface area contributed by atoms with E-state index < -0.39 is 0 Å². The van der Waals surface area contributed by atoms with Crippen LogP contribution in [-0.4, -0.2) is 14.9 Å². The fraction of sp³-hybridized carbons (Fsp3) is 0.471. The van der Waals surface area contributed by atoms with Gasteiger partial charge < -0.3 is 9.84 Å². The molecule has 0 unspecified atom stereocenters. The molecule has 0 saturated carbocycles. The van der Waals surface area contributed by atoms with E-state index in [0.29, 0.717) is 6.61 Å². The molecule has 1 aromatic carbocycles. The van der Waals surface area contributed by atoms with Gasteiger partial charge >= 0.3 is 0 Å². The molecule has 0 aliphatic heterocycles. The van der Waals surface area contributed by atoms with Crippen LogP contribution in [0.15, 0.2) is 24.3 Å². The first-order valence-electron chi connectivity index (χ1n) is 7.64. The molecular formula is C17H22N2O2. The molecule has 1 aliphatic carbocycles. The summed E-state index contributed by atoms with van der Waals surface area (Å²) in [5.41, 5.74) is 4.36. The average molecular weight is 286 g/mol. The van der Waals surface area contributed by atoms with Gasteiger partial charge in [-0.1, -0.05) is 6.07 Å². The van der Waals surface area contributed by atoms with E-state index in [1.54, 1.807) is 0 Å². The largest absolute Gasteiger partial charge is 0.487 e. The van der Waals surface area contributed by atoms with Crippen molar-refractivity contribution in [2.45, 2.75) is 52.4 Å². The number of rotatable bonds is 4. The molecule has 112 valence electrons. The summed E-state index contributed by atoms with van der Waals surface area (Å²) in [6, 6.07) is 8.11. The molecule has 2 aromatic rings. The van der Waals surface area contributed by atoms with Gasteiger partial charge in [0.15, 0.2) is 0 Å². The van der Waals surface area contributed by atoms with Gasteiger partial charge in [0.2, 0.25) is 0 Å². The zero-order valence-electron chi connectivity index (χ0n) is 12.7. The third kappa shape index (κ3) is 2.95. The van der Waals surface area contributed by atoms with Crippen LogP contribution in [0, 0.1) is 6.92 Å². The lowest BCUT2D eigenvalue weighted by atomic mass is 9.89. The molecule has 1 atom stereocenters. The second-order valence-electron chi connectivity index (χ2n) is 5.65. The Bertz CT molecular complexity index is 634. The summed E-state index contributed by atoms with van der Waals surface area (Å²) in [6.45, 7) is 5.41. The number of aliphatic hydroxyl groups is 1. The topological polar surface area (TPSA) is 47.3 Å². The van der Waals surface area contributed by atoms with Crippen molar-refractivity contribution in [1.82, 2.24) is 9.78 Å². The first-order chi connectivity index (χ1) is 10.2. The summed E-state index contributed by atoms with van der Waals surface area (Å²) in [7, 11) is 0. The smallest absolute Gasteiger partial charge is 0.130 e. The molecule has 1 heterocycles. The van der Waals surface area contributed by atoms with Crippen LogP contribution in [0.1, 0.15) is 48.4 Å². The lowest BCUT2D eigenvalue weighted by Gasteiger charge is -2.22. The third-order valence-corrected chi connectivity index (χ3v) is 4.07. The number of benzene rings is 1. The Morgan fingerprint density at radius 1 is 1.38 bits per heavy atom. The molecule has 0 spiro atoms. The molecular weight excluding hydrogens is 264 g/mol. The van der Waals surface area contributed by atoms with E-state index in [9.17, 15) is 5.11 Å². The maximum atomic E-state index is 10.1. The molecule has 0 amide bonds. The van der Waals surface area contributed by atoms with Gasteiger partial charge in [-0.15, -0.1) is 0 Å². The fourth-order valence-corrected chi connectivity index (χ4v) is 2.99. The molecule has 0 radical (unpaired) electrons. The lowest BCUT2D eigenvalue weighted by Crippen LogP contribution is -2.10. The van der Waals surface area contributed by atoms with Crippen molar-refractivity contribution < 1.29 is 9.84 Å². The Kier molecular flexibility index (Phi) is 3.97. The number of fused-ring (bicyclic) bond motifs is 1. The number of hydrogen-bond donors (Lipinski definition) is 1. The average Bonchev–Trinajstić information content (AvgIpc) is 2.86. The lowest BCUT2D eigenvalue weighted by molar-refractivity contribution is 0.156. The Morgan fingerprint density at radius 2 is 2.24 bits per heavy atom. The van der Waals surface area contributed by atoms with Crippen molar-refractivity contribution in [3.05, 3.63) is 46.8 Å². The molecule has 0 fully saturated rings. The van der Waals surface area contributed by atoms with Crippen LogP contribution < -0.4 is 4.74 Å². The number of ether oxygens (including phenoxy) is 1. The van der Waals surface area contributed by atoms with Crippen LogP contribution in [0.4, 0.5) is 0 Å². The Hall–Kier alpha value is -1.81. The highest BCUT2D eigenvalue weighted by atomic mass is 16.5. The van der Waals surface area contributed by atoms with Crippen molar-refractivity contribution in [2.75, 3.05) is 0 Å².